The second kappa shape index (κ2) is 6.97. The third-order valence-corrected chi connectivity index (χ3v) is 2.29. The molecule has 1 rings (SSSR count). The van der Waals surface area contributed by atoms with Crippen molar-refractivity contribution in [2.75, 3.05) is 11.9 Å². The highest BCUT2D eigenvalue weighted by molar-refractivity contribution is 5.94. The second-order valence-corrected chi connectivity index (χ2v) is 3.67. The summed E-state index contributed by atoms with van der Waals surface area (Å²) in [5.41, 5.74) is 1.15. The Morgan fingerprint density at radius 3 is 2.47 bits per heavy atom. The van der Waals surface area contributed by atoms with Gasteiger partial charge < -0.3 is 10.1 Å². The first-order chi connectivity index (χ1) is 9.08. The lowest BCUT2D eigenvalue weighted by molar-refractivity contribution is -0.138. The van der Waals surface area contributed by atoms with Crippen LogP contribution in [0.3, 0.4) is 0 Å². The summed E-state index contributed by atoms with van der Waals surface area (Å²) in [6.07, 6.45) is 1.28. The number of hydrogen-bond donors (Lipinski definition) is 1. The maximum atomic E-state index is 11.3. The van der Waals surface area contributed by atoms with Crippen LogP contribution in [-0.4, -0.2) is 18.4 Å². The summed E-state index contributed by atoms with van der Waals surface area (Å²) >= 11 is 0. The van der Waals surface area contributed by atoms with E-state index in [0.717, 1.165) is 0 Å². The Hall–Kier alpha value is -2.61. The fourth-order valence-corrected chi connectivity index (χ4v) is 1.30. The van der Waals surface area contributed by atoms with Gasteiger partial charge in [-0.25, -0.2) is 4.79 Å². The van der Waals surface area contributed by atoms with E-state index in [4.69, 9.17) is 10.00 Å². The minimum absolute atomic E-state index is 0.0219. The monoisotopic (exact) mass is 258 g/mol. The van der Waals surface area contributed by atoms with Crippen molar-refractivity contribution in [1.29, 1.82) is 5.26 Å². The van der Waals surface area contributed by atoms with Crippen LogP contribution in [0.4, 0.5) is 5.69 Å². The predicted octanol–water partition coefficient (Wildman–Crippen LogP) is 2.27. The first-order valence-electron chi connectivity index (χ1n) is 5.73. The van der Waals surface area contributed by atoms with E-state index >= 15 is 0 Å². The zero-order valence-electron chi connectivity index (χ0n) is 10.8. The van der Waals surface area contributed by atoms with Crippen molar-refractivity contribution >= 4 is 17.4 Å². The summed E-state index contributed by atoms with van der Waals surface area (Å²) in [4.78, 5) is 22.4. The highest BCUT2D eigenvalue weighted by Gasteiger charge is 2.09. The summed E-state index contributed by atoms with van der Waals surface area (Å²) in [6.45, 7) is 3.36. The molecule has 98 valence electrons. The lowest BCUT2D eigenvalue weighted by Gasteiger charge is -2.03. The van der Waals surface area contributed by atoms with E-state index in [-0.39, 0.29) is 18.0 Å². The number of nitriles is 1. The molecule has 0 atom stereocenters. The molecule has 19 heavy (non-hydrogen) atoms. The third kappa shape index (κ3) is 4.28. The van der Waals surface area contributed by atoms with Gasteiger partial charge in [0.15, 0.2) is 11.4 Å². The number of ether oxygens (including phenoxy) is 1. The molecular formula is C14H14N2O3. The van der Waals surface area contributed by atoms with Crippen LogP contribution in [0.1, 0.15) is 24.2 Å². The molecule has 0 unspecified atom stereocenters. The fraction of sp³-hybridized carbons (Fsp3) is 0.214. The molecule has 0 saturated carbocycles. The fourth-order valence-electron chi connectivity index (χ4n) is 1.30. The van der Waals surface area contributed by atoms with Gasteiger partial charge in [-0.1, -0.05) is 0 Å². The number of Topliss-reactive ketones (excluding diaryl/α,β-unsaturated/α-hetero) is 1. The van der Waals surface area contributed by atoms with Gasteiger partial charge in [0.1, 0.15) is 6.07 Å². The lowest BCUT2D eigenvalue weighted by atomic mass is 10.1. The van der Waals surface area contributed by atoms with Crippen molar-refractivity contribution in [2.24, 2.45) is 0 Å². The zero-order valence-corrected chi connectivity index (χ0v) is 10.8. The van der Waals surface area contributed by atoms with Crippen molar-refractivity contribution in [3.63, 3.8) is 0 Å². The number of carbonyl (C=O) groups excluding carboxylic acids is 2. The van der Waals surface area contributed by atoms with E-state index in [1.54, 1.807) is 37.3 Å². The summed E-state index contributed by atoms with van der Waals surface area (Å²) in [5.74, 6) is -0.691. The summed E-state index contributed by atoms with van der Waals surface area (Å²) in [7, 11) is 0. The van der Waals surface area contributed by atoms with Crippen molar-refractivity contribution < 1.29 is 14.3 Å². The van der Waals surface area contributed by atoms with E-state index in [2.05, 4.69) is 5.32 Å². The van der Waals surface area contributed by atoms with Crippen LogP contribution in [-0.2, 0) is 9.53 Å². The van der Waals surface area contributed by atoms with Crippen molar-refractivity contribution in [3.05, 3.63) is 41.6 Å². The van der Waals surface area contributed by atoms with Crippen LogP contribution in [0.2, 0.25) is 0 Å². The standard InChI is InChI=1S/C14H14N2O3/c1-3-19-14(18)12(8-15)9-16-13-6-4-11(5-7-13)10(2)17/h4-7,9,16H,3H2,1-2H3. The molecular weight excluding hydrogens is 244 g/mol. The Morgan fingerprint density at radius 2 is 2.00 bits per heavy atom. The summed E-state index contributed by atoms with van der Waals surface area (Å²) in [5, 5.41) is 11.6. The molecule has 1 aromatic carbocycles. The predicted molar refractivity (Wildman–Crippen MR) is 70.4 cm³/mol. The quantitative estimate of drug-likeness (QED) is 0.379. The molecule has 0 aliphatic carbocycles. The maximum Gasteiger partial charge on any atom is 0.350 e. The molecule has 0 aliphatic rings. The molecule has 1 aromatic rings. The van der Waals surface area contributed by atoms with Crippen LogP contribution >= 0.6 is 0 Å². The van der Waals surface area contributed by atoms with Crippen LogP contribution < -0.4 is 5.32 Å². The minimum atomic E-state index is -0.669. The number of esters is 1. The first-order valence-corrected chi connectivity index (χ1v) is 5.73. The Morgan fingerprint density at radius 1 is 1.37 bits per heavy atom. The van der Waals surface area contributed by atoms with Crippen molar-refractivity contribution in [2.45, 2.75) is 13.8 Å². The number of nitrogens with one attached hydrogen (secondary N) is 1. The normalized spacial score (nSPS) is 10.5. The molecule has 5 heteroatoms. The van der Waals surface area contributed by atoms with Gasteiger partial charge in [-0.15, -0.1) is 0 Å². The smallest absolute Gasteiger partial charge is 0.350 e. The lowest BCUT2D eigenvalue weighted by Crippen LogP contribution is -2.07. The largest absolute Gasteiger partial charge is 0.462 e. The van der Waals surface area contributed by atoms with Crippen LogP contribution in [0, 0.1) is 11.3 Å². The number of carbonyl (C=O) groups is 2. The van der Waals surface area contributed by atoms with E-state index in [1.807, 2.05) is 0 Å². The molecule has 0 amide bonds. The highest BCUT2D eigenvalue weighted by atomic mass is 16.5. The van der Waals surface area contributed by atoms with Gasteiger partial charge in [0.25, 0.3) is 0 Å². The molecule has 0 bridgehead atoms. The maximum absolute atomic E-state index is 11.3. The molecule has 0 aromatic heterocycles. The molecule has 0 fully saturated rings. The van der Waals surface area contributed by atoms with E-state index in [9.17, 15) is 9.59 Å². The van der Waals surface area contributed by atoms with Gasteiger partial charge in [0, 0.05) is 17.5 Å². The SMILES string of the molecule is CCOC(=O)C(C#N)=CNc1ccc(C(C)=O)cc1. The van der Waals surface area contributed by atoms with E-state index in [0.29, 0.717) is 11.3 Å². The Labute approximate surface area is 111 Å². The molecule has 1 N–H and O–H groups in total. The number of anilines is 1. The zero-order chi connectivity index (χ0) is 14.3. The molecule has 0 aliphatic heterocycles. The van der Waals surface area contributed by atoms with Crippen molar-refractivity contribution in [3.8, 4) is 6.07 Å². The third-order valence-electron chi connectivity index (χ3n) is 2.29. The van der Waals surface area contributed by atoms with Gasteiger partial charge in [-0.3, -0.25) is 4.79 Å². The van der Waals surface area contributed by atoms with Gasteiger partial charge in [-0.2, -0.15) is 5.26 Å². The van der Waals surface area contributed by atoms with Gasteiger partial charge in [0.05, 0.1) is 6.61 Å². The molecule has 0 spiro atoms. The molecule has 0 saturated heterocycles. The van der Waals surface area contributed by atoms with Crippen LogP contribution in [0.25, 0.3) is 0 Å². The minimum Gasteiger partial charge on any atom is -0.462 e. The van der Waals surface area contributed by atoms with Gasteiger partial charge in [-0.05, 0) is 38.1 Å². The first kappa shape index (κ1) is 14.5. The Bertz CT molecular complexity index is 539. The van der Waals surface area contributed by atoms with E-state index in [1.165, 1.54) is 13.1 Å². The molecule has 5 nitrogen and oxygen atoms in total. The number of rotatable bonds is 5. The summed E-state index contributed by atoms with van der Waals surface area (Å²) in [6, 6.07) is 8.46. The average Bonchev–Trinajstić information content (AvgIpc) is 2.40. The van der Waals surface area contributed by atoms with Crippen LogP contribution in [0.5, 0.6) is 0 Å². The van der Waals surface area contributed by atoms with Gasteiger partial charge >= 0.3 is 5.97 Å². The van der Waals surface area contributed by atoms with Gasteiger partial charge in [0.2, 0.25) is 0 Å². The number of hydrogen-bond acceptors (Lipinski definition) is 5. The highest BCUT2D eigenvalue weighted by Crippen LogP contribution is 2.10. The average molecular weight is 258 g/mol. The molecule has 0 radical (unpaired) electrons. The summed E-state index contributed by atoms with van der Waals surface area (Å²) < 4.78 is 4.72. The Balaban J connectivity index is 2.76. The number of nitrogens with zero attached hydrogens (tertiary/aromatic N) is 1. The number of benzene rings is 1. The second-order valence-electron chi connectivity index (χ2n) is 3.67. The number of ketones is 1. The van der Waals surface area contributed by atoms with Crippen molar-refractivity contribution in [1.82, 2.24) is 0 Å². The Kier molecular flexibility index (Phi) is 5.30. The van der Waals surface area contributed by atoms with E-state index < -0.39 is 5.97 Å². The topological polar surface area (TPSA) is 79.2 Å². The molecule has 0 heterocycles. The van der Waals surface area contributed by atoms with Crippen LogP contribution in [0.15, 0.2) is 36.0 Å².